The zero-order chi connectivity index (χ0) is 10.6. The summed E-state index contributed by atoms with van der Waals surface area (Å²) in [6.07, 6.45) is 4.01. The highest BCUT2D eigenvalue weighted by molar-refractivity contribution is 5.37. The highest BCUT2D eigenvalue weighted by Crippen LogP contribution is 2.64. The fourth-order valence-corrected chi connectivity index (χ4v) is 3.51. The van der Waals surface area contributed by atoms with Crippen molar-refractivity contribution in [2.24, 2.45) is 17.6 Å². The van der Waals surface area contributed by atoms with Crippen molar-refractivity contribution in [2.45, 2.75) is 38.6 Å². The van der Waals surface area contributed by atoms with Crippen LogP contribution in [0.15, 0.2) is 12.1 Å². The quantitative estimate of drug-likeness (QED) is 0.758. The summed E-state index contributed by atoms with van der Waals surface area (Å²) in [6.45, 7) is 4.11. The topological polar surface area (TPSA) is 38.9 Å². The average molecular weight is 202 g/mol. The van der Waals surface area contributed by atoms with Gasteiger partial charge in [-0.05, 0) is 56.2 Å². The normalized spacial score (nSPS) is 37.8. The molecule has 80 valence electrons. The number of aryl methyl sites for hydroxylation is 2. The van der Waals surface area contributed by atoms with Crippen molar-refractivity contribution in [1.82, 2.24) is 4.98 Å². The lowest BCUT2D eigenvalue weighted by Gasteiger charge is -2.17. The number of nitrogens with zero attached hydrogens (tertiary/aromatic N) is 1. The minimum absolute atomic E-state index is 0.00326. The fourth-order valence-electron chi connectivity index (χ4n) is 3.51. The van der Waals surface area contributed by atoms with E-state index in [-0.39, 0.29) is 5.54 Å². The Bertz CT molecular complexity index is 381. The number of nitrogens with two attached hydrogens (primary N) is 1. The Balaban J connectivity index is 2.00. The van der Waals surface area contributed by atoms with Crippen LogP contribution in [0.2, 0.25) is 0 Å². The molecule has 0 amide bonds. The Morgan fingerprint density at radius 1 is 1.20 bits per heavy atom. The molecular weight excluding hydrogens is 184 g/mol. The molecule has 2 N–H and O–H groups in total. The van der Waals surface area contributed by atoms with Crippen molar-refractivity contribution in [3.63, 3.8) is 0 Å². The molecule has 15 heavy (non-hydrogen) atoms. The van der Waals surface area contributed by atoms with Crippen LogP contribution in [-0.2, 0) is 5.54 Å². The molecule has 2 atom stereocenters. The standard InChI is InChI=1S/C13H18N2/c1-8-6-10(7-9(2)15-8)13(14)11-4-3-5-12(11)13/h6-7,11-12H,3-5,14H2,1-2H3. The Kier molecular flexibility index (Phi) is 1.76. The van der Waals surface area contributed by atoms with Crippen LogP contribution < -0.4 is 5.73 Å². The van der Waals surface area contributed by atoms with E-state index in [1.807, 2.05) is 0 Å². The van der Waals surface area contributed by atoms with Gasteiger partial charge in [-0.25, -0.2) is 0 Å². The van der Waals surface area contributed by atoms with Crippen molar-refractivity contribution in [3.05, 3.63) is 29.1 Å². The highest BCUT2D eigenvalue weighted by atomic mass is 14.9. The smallest absolute Gasteiger partial charge is 0.0475 e. The number of fused-ring (bicyclic) bond motifs is 1. The molecule has 2 fully saturated rings. The van der Waals surface area contributed by atoms with Crippen LogP contribution in [0.1, 0.15) is 36.2 Å². The first-order valence-electron chi connectivity index (χ1n) is 5.87. The molecule has 0 radical (unpaired) electrons. The molecule has 2 saturated carbocycles. The second-order valence-corrected chi connectivity index (χ2v) is 5.22. The minimum Gasteiger partial charge on any atom is -0.321 e. The molecule has 2 aliphatic carbocycles. The van der Waals surface area contributed by atoms with Crippen LogP contribution in [0.25, 0.3) is 0 Å². The molecule has 0 bridgehead atoms. The third kappa shape index (κ3) is 1.18. The zero-order valence-corrected chi connectivity index (χ0v) is 9.46. The Morgan fingerprint density at radius 3 is 2.27 bits per heavy atom. The molecule has 2 unspecified atom stereocenters. The number of hydrogen-bond acceptors (Lipinski definition) is 2. The van der Waals surface area contributed by atoms with Gasteiger partial charge in [0.25, 0.3) is 0 Å². The molecule has 2 heteroatoms. The predicted octanol–water partition coefficient (Wildman–Crippen LogP) is 2.28. The van der Waals surface area contributed by atoms with Gasteiger partial charge in [0.1, 0.15) is 0 Å². The van der Waals surface area contributed by atoms with Crippen molar-refractivity contribution in [3.8, 4) is 0 Å². The van der Waals surface area contributed by atoms with Crippen molar-refractivity contribution in [1.29, 1.82) is 0 Å². The fraction of sp³-hybridized carbons (Fsp3) is 0.615. The molecule has 1 aromatic rings. The maximum atomic E-state index is 6.53. The SMILES string of the molecule is Cc1cc(C2(N)C3CCCC32)cc(C)n1. The van der Waals surface area contributed by atoms with Crippen molar-refractivity contribution in [2.75, 3.05) is 0 Å². The van der Waals surface area contributed by atoms with Gasteiger partial charge in [0.15, 0.2) is 0 Å². The summed E-state index contributed by atoms with van der Waals surface area (Å²) in [5.41, 5.74) is 10.0. The van der Waals surface area contributed by atoms with Crippen LogP contribution in [0.4, 0.5) is 0 Å². The molecule has 2 nitrogen and oxygen atoms in total. The zero-order valence-electron chi connectivity index (χ0n) is 9.46. The summed E-state index contributed by atoms with van der Waals surface area (Å²) in [5, 5.41) is 0. The van der Waals surface area contributed by atoms with E-state index in [0.717, 1.165) is 23.2 Å². The second-order valence-electron chi connectivity index (χ2n) is 5.22. The third-order valence-corrected chi connectivity index (χ3v) is 4.22. The van der Waals surface area contributed by atoms with Gasteiger partial charge >= 0.3 is 0 Å². The lowest BCUT2D eigenvalue weighted by atomic mass is 9.96. The first-order chi connectivity index (χ1) is 7.12. The molecule has 0 aliphatic heterocycles. The summed E-state index contributed by atoms with van der Waals surface area (Å²) < 4.78 is 0. The molecular formula is C13H18N2. The predicted molar refractivity (Wildman–Crippen MR) is 60.4 cm³/mol. The van der Waals surface area contributed by atoms with Crippen molar-refractivity contribution >= 4 is 0 Å². The molecule has 0 aromatic carbocycles. The number of pyridine rings is 1. The maximum Gasteiger partial charge on any atom is 0.0475 e. The van der Waals surface area contributed by atoms with Crippen LogP contribution in [0, 0.1) is 25.7 Å². The molecule has 1 heterocycles. The van der Waals surface area contributed by atoms with Gasteiger partial charge < -0.3 is 5.73 Å². The van der Waals surface area contributed by atoms with Crippen LogP contribution in [0.5, 0.6) is 0 Å². The molecule has 1 aromatic heterocycles. The first-order valence-corrected chi connectivity index (χ1v) is 5.87. The highest BCUT2D eigenvalue weighted by Gasteiger charge is 2.64. The van der Waals surface area contributed by atoms with E-state index in [4.69, 9.17) is 5.73 Å². The van der Waals surface area contributed by atoms with E-state index in [0.29, 0.717) is 0 Å². The van der Waals surface area contributed by atoms with Gasteiger partial charge in [-0.15, -0.1) is 0 Å². The number of hydrogen-bond donors (Lipinski definition) is 1. The van der Waals surface area contributed by atoms with Gasteiger partial charge in [0, 0.05) is 16.9 Å². The number of aromatic nitrogens is 1. The summed E-state index contributed by atoms with van der Waals surface area (Å²) >= 11 is 0. The third-order valence-electron chi connectivity index (χ3n) is 4.22. The summed E-state index contributed by atoms with van der Waals surface area (Å²) in [5.74, 6) is 1.50. The molecule has 3 rings (SSSR count). The van der Waals surface area contributed by atoms with E-state index in [9.17, 15) is 0 Å². The van der Waals surface area contributed by atoms with E-state index in [1.165, 1.54) is 24.8 Å². The lowest BCUT2D eigenvalue weighted by Crippen LogP contribution is -2.26. The second kappa shape index (κ2) is 2.82. The summed E-state index contributed by atoms with van der Waals surface area (Å²) in [7, 11) is 0. The Morgan fingerprint density at radius 2 is 1.73 bits per heavy atom. The van der Waals surface area contributed by atoms with Gasteiger partial charge in [0.2, 0.25) is 0 Å². The van der Waals surface area contributed by atoms with Crippen LogP contribution >= 0.6 is 0 Å². The van der Waals surface area contributed by atoms with Gasteiger partial charge in [-0.2, -0.15) is 0 Å². The Hall–Kier alpha value is -0.890. The Labute approximate surface area is 90.9 Å². The van der Waals surface area contributed by atoms with E-state index >= 15 is 0 Å². The molecule has 2 aliphatic rings. The first kappa shape index (κ1) is 9.34. The van der Waals surface area contributed by atoms with Gasteiger partial charge in [-0.3, -0.25) is 4.98 Å². The largest absolute Gasteiger partial charge is 0.321 e. The van der Waals surface area contributed by atoms with E-state index in [2.05, 4.69) is 31.0 Å². The maximum absolute atomic E-state index is 6.53. The van der Waals surface area contributed by atoms with Crippen LogP contribution in [-0.4, -0.2) is 4.98 Å². The monoisotopic (exact) mass is 202 g/mol. The molecule has 0 spiro atoms. The summed E-state index contributed by atoms with van der Waals surface area (Å²) in [4.78, 5) is 4.41. The van der Waals surface area contributed by atoms with Crippen molar-refractivity contribution < 1.29 is 0 Å². The number of rotatable bonds is 1. The van der Waals surface area contributed by atoms with Gasteiger partial charge in [-0.1, -0.05) is 6.42 Å². The van der Waals surface area contributed by atoms with E-state index < -0.39 is 0 Å². The average Bonchev–Trinajstić information content (AvgIpc) is 2.61. The van der Waals surface area contributed by atoms with Crippen LogP contribution in [0.3, 0.4) is 0 Å². The molecule has 0 saturated heterocycles. The van der Waals surface area contributed by atoms with Gasteiger partial charge in [0.05, 0.1) is 0 Å². The minimum atomic E-state index is -0.00326. The summed E-state index contributed by atoms with van der Waals surface area (Å²) in [6, 6.07) is 4.34. The lowest BCUT2D eigenvalue weighted by molar-refractivity contribution is 0.525. The van der Waals surface area contributed by atoms with E-state index in [1.54, 1.807) is 0 Å².